The quantitative estimate of drug-likeness (QED) is 0.806. The monoisotopic (exact) mass is 314 g/mol. The lowest BCUT2D eigenvalue weighted by atomic mass is 10.1. The summed E-state index contributed by atoms with van der Waals surface area (Å²) in [5.41, 5.74) is -0.879. The third-order valence-corrected chi connectivity index (χ3v) is 3.44. The minimum atomic E-state index is -0.879. The number of nitrogens with zero attached hydrogens (tertiary/aromatic N) is 5. The first kappa shape index (κ1) is 16.2. The Balaban J connectivity index is 2.02. The first-order valence-corrected chi connectivity index (χ1v) is 7.51. The van der Waals surface area contributed by atoms with Crippen molar-refractivity contribution in [3.63, 3.8) is 0 Å². The van der Waals surface area contributed by atoms with Gasteiger partial charge in [-0.2, -0.15) is 15.0 Å². The highest BCUT2D eigenvalue weighted by Crippen LogP contribution is 2.19. The van der Waals surface area contributed by atoms with Crippen molar-refractivity contribution in [2.24, 2.45) is 0 Å². The van der Waals surface area contributed by atoms with Crippen LogP contribution in [-0.4, -0.2) is 70.8 Å². The highest BCUT2D eigenvalue weighted by Gasteiger charge is 2.22. The van der Waals surface area contributed by atoms with E-state index in [0.717, 1.165) is 25.9 Å². The summed E-state index contributed by atoms with van der Waals surface area (Å²) in [5, 5.41) is 13.5. The molecule has 1 unspecified atom stereocenters. The first-order valence-electron chi connectivity index (χ1n) is 7.13. The number of rotatable bonds is 6. The summed E-state index contributed by atoms with van der Waals surface area (Å²) in [6, 6.07) is 0. The van der Waals surface area contributed by atoms with Gasteiger partial charge in [-0.15, -0.1) is 0 Å². The zero-order valence-corrected chi connectivity index (χ0v) is 13.6. The highest BCUT2D eigenvalue weighted by atomic mass is 35.5. The summed E-state index contributed by atoms with van der Waals surface area (Å²) in [5.74, 6) is 0.998. The minimum Gasteiger partial charge on any atom is -0.387 e. The van der Waals surface area contributed by atoms with E-state index in [9.17, 15) is 5.11 Å². The molecule has 1 fully saturated rings. The van der Waals surface area contributed by atoms with Gasteiger partial charge in [0.1, 0.15) is 0 Å². The number of hydrogen-bond donors (Lipinski definition) is 2. The molecule has 7 nitrogen and oxygen atoms in total. The summed E-state index contributed by atoms with van der Waals surface area (Å²) in [6.45, 7) is 4.53. The van der Waals surface area contributed by atoms with E-state index >= 15 is 0 Å². The molecule has 1 aliphatic rings. The molecule has 0 amide bonds. The van der Waals surface area contributed by atoms with Crippen LogP contribution in [0.25, 0.3) is 0 Å². The van der Waals surface area contributed by atoms with Gasteiger partial charge in [0.05, 0.1) is 5.60 Å². The molecule has 0 saturated carbocycles. The number of nitrogens with one attached hydrogen (secondary N) is 1. The molecule has 118 valence electrons. The second-order valence-electron chi connectivity index (χ2n) is 6.01. The number of halogens is 1. The maximum atomic E-state index is 10.3. The van der Waals surface area contributed by atoms with Crippen molar-refractivity contribution in [1.82, 2.24) is 19.9 Å². The van der Waals surface area contributed by atoms with Gasteiger partial charge in [0, 0.05) is 26.2 Å². The van der Waals surface area contributed by atoms with E-state index in [1.807, 2.05) is 19.0 Å². The molecule has 2 N–H and O–H groups in total. The predicted molar refractivity (Wildman–Crippen MR) is 84.0 cm³/mol. The van der Waals surface area contributed by atoms with Crippen molar-refractivity contribution in [1.29, 1.82) is 0 Å². The Kier molecular flexibility index (Phi) is 5.18. The van der Waals surface area contributed by atoms with Crippen molar-refractivity contribution in [2.75, 3.05) is 50.5 Å². The molecule has 2 heterocycles. The molecular weight excluding hydrogens is 292 g/mol. The molecule has 21 heavy (non-hydrogen) atoms. The van der Waals surface area contributed by atoms with Crippen LogP contribution >= 0.6 is 11.6 Å². The fourth-order valence-electron chi connectivity index (χ4n) is 2.48. The van der Waals surface area contributed by atoms with Crippen LogP contribution in [-0.2, 0) is 0 Å². The Morgan fingerprint density at radius 2 is 1.95 bits per heavy atom. The van der Waals surface area contributed by atoms with Crippen LogP contribution in [0.3, 0.4) is 0 Å². The molecular formula is C13H23ClN6O. The Morgan fingerprint density at radius 3 is 2.57 bits per heavy atom. The average molecular weight is 315 g/mol. The van der Waals surface area contributed by atoms with Gasteiger partial charge in [-0.25, -0.2) is 0 Å². The zero-order valence-electron chi connectivity index (χ0n) is 12.8. The Labute approximate surface area is 130 Å². The summed E-state index contributed by atoms with van der Waals surface area (Å²) >= 11 is 5.96. The van der Waals surface area contributed by atoms with Crippen molar-refractivity contribution >= 4 is 23.5 Å². The average Bonchev–Trinajstić information content (AvgIpc) is 2.88. The van der Waals surface area contributed by atoms with Crippen LogP contribution in [0, 0.1) is 0 Å². The maximum absolute atomic E-state index is 10.3. The van der Waals surface area contributed by atoms with Crippen LogP contribution < -0.4 is 10.2 Å². The molecule has 0 radical (unpaired) electrons. The van der Waals surface area contributed by atoms with Crippen LogP contribution in [0.2, 0.25) is 5.28 Å². The van der Waals surface area contributed by atoms with E-state index in [2.05, 4.69) is 25.2 Å². The Hall–Kier alpha value is -1.18. The van der Waals surface area contributed by atoms with Crippen molar-refractivity contribution in [2.45, 2.75) is 25.4 Å². The molecule has 1 aromatic heterocycles. The van der Waals surface area contributed by atoms with E-state index in [4.69, 9.17) is 11.6 Å². The highest BCUT2D eigenvalue weighted by molar-refractivity contribution is 6.28. The maximum Gasteiger partial charge on any atom is 0.231 e. The lowest BCUT2D eigenvalue weighted by Crippen LogP contribution is -2.43. The Bertz CT molecular complexity index is 476. The lowest BCUT2D eigenvalue weighted by Gasteiger charge is -2.27. The van der Waals surface area contributed by atoms with E-state index in [-0.39, 0.29) is 5.28 Å². The summed E-state index contributed by atoms with van der Waals surface area (Å²) in [4.78, 5) is 16.6. The fourth-order valence-corrected chi connectivity index (χ4v) is 2.64. The summed E-state index contributed by atoms with van der Waals surface area (Å²) in [6.07, 6.45) is 2.28. The summed E-state index contributed by atoms with van der Waals surface area (Å²) < 4.78 is 0. The normalized spacial score (nSPS) is 18.1. The van der Waals surface area contributed by atoms with Gasteiger partial charge < -0.3 is 20.2 Å². The predicted octanol–water partition coefficient (Wildman–Crippen LogP) is 0.850. The number of anilines is 2. The van der Waals surface area contributed by atoms with Crippen LogP contribution in [0.5, 0.6) is 0 Å². The standard InChI is InChI=1S/C13H23ClN6O/c1-13(21,9-19(2)3)8-15-11-16-10(14)17-12(18-11)20-6-4-5-7-20/h21H,4-9H2,1-3H3,(H,15,16,17,18). The lowest BCUT2D eigenvalue weighted by molar-refractivity contribution is 0.0458. The van der Waals surface area contributed by atoms with Crippen LogP contribution in [0.15, 0.2) is 0 Å². The SMILES string of the molecule is CN(C)CC(C)(O)CNc1nc(Cl)nc(N2CCCC2)n1. The van der Waals surface area contributed by atoms with Crippen molar-refractivity contribution in [3.8, 4) is 0 Å². The topological polar surface area (TPSA) is 77.4 Å². The third-order valence-electron chi connectivity index (χ3n) is 3.27. The van der Waals surface area contributed by atoms with Gasteiger partial charge in [-0.1, -0.05) is 0 Å². The molecule has 1 atom stereocenters. The molecule has 0 aliphatic carbocycles. The second-order valence-corrected chi connectivity index (χ2v) is 6.35. The molecule has 0 bridgehead atoms. The molecule has 0 aromatic carbocycles. The van der Waals surface area contributed by atoms with Crippen molar-refractivity contribution < 1.29 is 5.11 Å². The molecule has 1 aromatic rings. The van der Waals surface area contributed by atoms with Gasteiger partial charge in [-0.3, -0.25) is 0 Å². The van der Waals surface area contributed by atoms with Gasteiger partial charge in [0.25, 0.3) is 0 Å². The first-order chi connectivity index (χ1) is 9.85. The molecule has 0 spiro atoms. The van der Waals surface area contributed by atoms with Crippen molar-refractivity contribution in [3.05, 3.63) is 5.28 Å². The largest absolute Gasteiger partial charge is 0.387 e. The van der Waals surface area contributed by atoms with E-state index < -0.39 is 5.60 Å². The minimum absolute atomic E-state index is 0.168. The molecule has 1 aliphatic heterocycles. The Morgan fingerprint density at radius 1 is 1.29 bits per heavy atom. The zero-order chi connectivity index (χ0) is 15.5. The third kappa shape index (κ3) is 4.94. The van der Waals surface area contributed by atoms with Gasteiger partial charge in [0.2, 0.25) is 17.2 Å². The van der Waals surface area contributed by atoms with Gasteiger partial charge in [-0.05, 0) is 45.5 Å². The molecule has 2 rings (SSSR count). The van der Waals surface area contributed by atoms with Crippen LogP contribution in [0.4, 0.5) is 11.9 Å². The smallest absolute Gasteiger partial charge is 0.231 e. The molecule has 8 heteroatoms. The summed E-state index contributed by atoms with van der Waals surface area (Å²) in [7, 11) is 3.83. The fraction of sp³-hybridized carbons (Fsp3) is 0.769. The number of hydrogen-bond acceptors (Lipinski definition) is 7. The number of aliphatic hydroxyl groups is 1. The van der Waals surface area contributed by atoms with E-state index in [1.54, 1.807) is 6.92 Å². The number of aromatic nitrogens is 3. The van der Waals surface area contributed by atoms with Crippen LogP contribution in [0.1, 0.15) is 19.8 Å². The van der Waals surface area contributed by atoms with Gasteiger partial charge in [0.15, 0.2) is 0 Å². The van der Waals surface area contributed by atoms with E-state index in [0.29, 0.717) is 25.0 Å². The number of likely N-dealkylation sites (N-methyl/N-ethyl adjacent to an activating group) is 1. The molecule has 1 saturated heterocycles. The second kappa shape index (κ2) is 6.72. The van der Waals surface area contributed by atoms with E-state index in [1.165, 1.54) is 0 Å². The van der Waals surface area contributed by atoms with Gasteiger partial charge >= 0.3 is 0 Å².